The van der Waals surface area contributed by atoms with E-state index in [1.807, 2.05) is 0 Å². The number of nitriles is 1. The van der Waals surface area contributed by atoms with Gasteiger partial charge in [-0.3, -0.25) is 5.43 Å². The van der Waals surface area contributed by atoms with E-state index in [1.54, 1.807) is 30.3 Å². The molecule has 0 saturated carbocycles. The number of hydrazone groups is 1. The monoisotopic (exact) mass is 343 g/mol. The van der Waals surface area contributed by atoms with Crippen molar-refractivity contribution in [3.8, 4) is 6.07 Å². The number of nitrogens with one attached hydrogen (secondary N) is 1. The van der Waals surface area contributed by atoms with Gasteiger partial charge in [0.2, 0.25) is 9.84 Å². The highest BCUT2D eigenvalue weighted by Gasteiger charge is 2.34. The molecule has 0 spiro atoms. The van der Waals surface area contributed by atoms with Crippen LogP contribution in [0.1, 0.15) is 20.8 Å². The molecule has 0 saturated heterocycles. The lowest BCUT2D eigenvalue weighted by molar-refractivity contribution is 0.573. The number of hydrogen-bond acceptors (Lipinski definition) is 5. The zero-order valence-corrected chi connectivity index (χ0v) is 13.2. The summed E-state index contributed by atoms with van der Waals surface area (Å²) < 4.78 is 23.9. The molecule has 0 unspecified atom stereocenters. The van der Waals surface area contributed by atoms with Crippen LogP contribution in [0.4, 0.5) is 5.69 Å². The molecule has 0 aliphatic heterocycles. The van der Waals surface area contributed by atoms with Crippen LogP contribution in [0.25, 0.3) is 0 Å². The van der Waals surface area contributed by atoms with Crippen molar-refractivity contribution in [2.75, 3.05) is 5.43 Å². The van der Waals surface area contributed by atoms with E-state index >= 15 is 0 Å². The lowest BCUT2D eigenvalue weighted by Gasteiger charge is -2.17. The minimum atomic E-state index is -3.75. The average Bonchev–Trinajstić information content (AvgIpc) is 2.30. The van der Waals surface area contributed by atoms with Crippen molar-refractivity contribution in [3.63, 3.8) is 0 Å². The zero-order chi connectivity index (χ0) is 14.7. The van der Waals surface area contributed by atoms with E-state index in [1.165, 1.54) is 20.8 Å². The van der Waals surface area contributed by atoms with E-state index in [0.717, 1.165) is 4.47 Å². The van der Waals surface area contributed by atoms with Gasteiger partial charge >= 0.3 is 0 Å². The van der Waals surface area contributed by atoms with Gasteiger partial charge in [-0.15, -0.1) is 0 Å². The quantitative estimate of drug-likeness (QED) is 0.508. The largest absolute Gasteiger partial charge is 0.277 e. The second-order valence-electron chi connectivity index (χ2n) is 4.76. The van der Waals surface area contributed by atoms with Crippen LogP contribution in [-0.2, 0) is 9.84 Å². The number of benzene rings is 1. The summed E-state index contributed by atoms with van der Waals surface area (Å²) in [7, 11) is -3.75. The summed E-state index contributed by atoms with van der Waals surface area (Å²) in [4.78, 5) is 0. The van der Waals surface area contributed by atoms with Gasteiger partial charge in [-0.1, -0.05) is 15.9 Å². The Bertz CT molecular complexity index is 622. The molecule has 102 valence electrons. The van der Waals surface area contributed by atoms with Crippen molar-refractivity contribution in [2.24, 2.45) is 5.10 Å². The molecule has 1 N–H and O–H groups in total. The van der Waals surface area contributed by atoms with Gasteiger partial charge in [-0.2, -0.15) is 10.4 Å². The summed E-state index contributed by atoms with van der Waals surface area (Å²) in [5.74, 6) is 0. The molecule has 0 fully saturated rings. The molecule has 7 heteroatoms. The van der Waals surface area contributed by atoms with Crippen LogP contribution in [0.15, 0.2) is 33.8 Å². The maximum atomic E-state index is 12.1. The Morgan fingerprint density at radius 2 is 1.84 bits per heavy atom. The first-order chi connectivity index (χ1) is 8.68. The van der Waals surface area contributed by atoms with Crippen LogP contribution in [0.2, 0.25) is 0 Å². The fourth-order valence-electron chi connectivity index (χ4n) is 1.07. The first-order valence-electron chi connectivity index (χ1n) is 5.42. The lowest BCUT2D eigenvalue weighted by Crippen LogP contribution is -2.34. The Kier molecular flexibility index (Phi) is 4.71. The van der Waals surface area contributed by atoms with Crippen molar-refractivity contribution >= 4 is 36.5 Å². The topological polar surface area (TPSA) is 82.3 Å². The number of hydrogen-bond donors (Lipinski definition) is 1. The van der Waals surface area contributed by atoms with Gasteiger partial charge in [0.05, 0.1) is 10.4 Å². The fourth-order valence-corrected chi connectivity index (χ4v) is 2.21. The van der Waals surface area contributed by atoms with Crippen molar-refractivity contribution in [1.82, 2.24) is 0 Å². The number of sulfone groups is 1. The van der Waals surface area contributed by atoms with Crippen LogP contribution in [0.5, 0.6) is 0 Å². The molecule has 0 bridgehead atoms. The van der Waals surface area contributed by atoms with Gasteiger partial charge in [0.15, 0.2) is 0 Å². The Balaban J connectivity index is 3.03. The van der Waals surface area contributed by atoms with Gasteiger partial charge in [0, 0.05) is 4.47 Å². The van der Waals surface area contributed by atoms with Gasteiger partial charge in [-0.05, 0) is 45.0 Å². The maximum Gasteiger partial charge on any atom is 0.252 e. The molecule has 0 amide bonds. The number of halogens is 1. The third-order valence-electron chi connectivity index (χ3n) is 2.29. The zero-order valence-electron chi connectivity index (χ0n) is 10.8. The minimum Gasteiger partial charge on any atom is -0.277 e. The second kappa shape index (κ2) is 5.72. The van der Waals surface area contributed by atoms with E-state index in [2.05, 4.69) is 26.5 Å². The van der Waals surface area contributed by atoms with E-state index < -0.39 is 19.6 Å². The van der Waals surface area contributed by atoms with Gasteiger partial charge < -0.3 is 0 Å². The predicted molar refractivity (Wildman–Crippen MR) is 79.5 cm³/mol. The maximum absolute atomic E-state index is 12.1. The Labute approximate surface area is 121 Å². The van der Waals surface area contributed by atoms with Crippen LogP contribution in [-0.4, -0.2) is 18.2 Å². The van der Waals surface area contributed by atoms with Gasteiger partial charge in [0.1, 0.15) is 6.07 Å². The van der Waals surface area contributed by atoms with Gasteiger partial charge in [0.25, 0.3) is 5.04 Å². The number of anilines is 1. The molecule has 0 atom stereocenters. The molecule has 0 aliphatic rings. The third-order valence-corrected chi connectivity index (χ3v) is 5.12. The van der Waals surface area contributed by atoms with E-state index in [9.17, 15) is 8.42 Å². The Hall–Kier alpha value is -1.39. The highest BCUT2D eigenvalue weighted by molar-refractivity contribution is 9.10. The SMILES string of the molecule is CC(C)(C)S(=O)(=O)/C(C#N)=N\Nc1ccc(Br)cc1. The van der Waals surface area contributed by atoms with Crippen LogP contribution < -0.4 is 5.43 Å². The summed E-state index contributed by atoms with van der Waals surface area (Å²) in [6, 6.07) is 8.61. The molecule has 0 aliphatic carbocycles. The van der Waals surface area contributed by atoms with E-state index in [0.29, 0.717) is 5.69 Å². The first kappa shape index (κ1) is 15.7. The first-order valence-corrected chi connectivity index (χ1v) is 7.70. The Morgan fingerprint density at radius 3 is 2.26 bits per heavy atom. The summed E-state index contributed by atoms with van der Waals surface area (Å²) >= 11 is 3.29. The van der Waals surface area contributed by atoms with Crippen molar-refractivity contribution < 1.29 is 8.42 Å². The van der Waals surface area contributed by atoms with Gasteiger partial charge in [-0.25, -0.2) is 8.42 Å². The van der Waals surface area contributed by atoms with E-state index in [4.69, 9.17) is 5.26 Å². The molecular weight excluding hydrogens is 330 g/mol. The third kappa shape index (κ3) is 3.78. The second-order valence-corrected chi connectivity index (χ2v) is 8.30. The molecule has 0 heterocycles. The smallest absolute Gasteiger partial charge is 0.252 e. The normalized spacial score (nSPS) is 12.9. The van der Waals surface area contributed by atoms with Crippen LogP contribution in [0.3, 0.4) is 0 Å². The number of rotatable bonds is 2. The number of nitrogens with zero attached hydrogens (tertiary/aromatic N) is 2. The van der Waals surface area contributed by atoms with Crippen molar-refractivity contribution in [2.45, 2.75) is 25.5 Å². The molecule has 1 rings (SSSR count). The molecular formula is C12H14BrN3O2S. The lowest BCUT2D eigenvalue weighted by atomic mass is 10.3. The Morgan fingerprint density at radius 1 is 1.32 bits per heavy atom. The molecule has 19 heavy (non-hydrogen) atoms. The molecule has 0 radical (unpaired) electrons. The average molecular weight is 344 g/mol. The summed E-state index contributed by atoms with van der Waals surface area (Å²) in [6.45, 7) is 4.57. The highest BCUT2D eigenvalue weighted by atomic mass is 79.9. The van der Waals surface area contributed by atoms with Crippen molar-refractivity contribution in [1.29, 1.82) is 5.26 Å². The summed E-state index contributed by atoms with van der Waals surface area (Å²) in [5.41, 5.74) is 3.16. The van der Waals surface area contributed by atoms with Crippen molar-refractivity contribution in [3.05, 3.63) is 28.7 Å². The molecule has 5 nitrogen and oxygen atoms in total. The summed E-state index contributed by atoms with van der Waals surface area (Å²) in [6.07, 6.45) is 0. The standard InChI is InChI=1S/C12H14BrN3O2S/c1-12(2,3)19(17,18)11(8-14)16-15-10-6-4-9(13)5-7-10/h4-7,15H,1-3H3/b16-11-. The highest BCUT2D eigenvalue weighted by Crippen LogP contribution is 2.18. The summed E-state index contributed by atoms with van der Waals surface area (Å²) in [5, 5.41) is 12.1. The minimum absolute atomic E-state index is 0.525. The molecule has 1 aromatic rings. The predicted octanol–water partition coefficient (Wildman–Crippen LogP) is 2.91. The van der Waals surface area contributed by atoms with Crippen LogP contribution >= 0.6 is 15.9 Å². The molecule has 1 aromatic carbocycles. The van der Waals surface area contributed by atoms with Crippen LogP contribution in [0, 0.1) is 11.3 Å². The van der Waals surface area contributed by atoms with E-state index in [-0.39, 0.29) is 0 Å². The molecule has 0 aromatic heterocycles. The fraction of sp³-hybridized carbons (Fsp3) is 0.333.